The molecule has 0 radical (unpaired) electrons. The average Bonchev–Trinajstić information content (AvgIpc) is 2.47. The number of carbonyl (C=O) groups excluding carboxylic acids is 2. The molecule has 2 amide bonds. The Balaban J connectivity index is 1.95. The molecule has 0 aromatic carbocycles. The van der Waals surface area contributed by atoms with E-state index in [1.54, 1.807) is 23.9 Å². The van der Waals surface area contributed by atoms with Gasteiger partial charge in [0.2, 0.25) is 11.8 Å². The van der Waals surface area contributed by atoms with Crippen LogP contribution in [-0.4, -0.2) is 61.4 Å². The molecule has 1 saturated heterocycles. The second kappa shape index (κ2) is 7.07. The van der Waals surface area contributed by atoms with Gasteiger partial charge in [0.25, 0.3) is 0 Å². The molecular weight excluding hydrogens is 254 g/mol. The topological polar surface area (TPSA) is 52.7 Å². The van der Waals surface area contributed by atoms with Crippen molar-refractivity contribution in [3.8, 4) is 0 Å². The summed E-state index contributed by atoms with van der Waals surface area (Å²) < 4.78 is 0. The van der Waals surface area contributed by atoms with Gasteiger partial charge in [-0.15, -0.1) is 0 Å². The first kappa shape index (κ1) is 15.3. The van der Waals surface area contributed by atoms with E-state index in [0.29, 0.717) is 25.4 Å². The maximum absolute atomic E-state index is 12.5. The number of carbonyl (C=O) groups is 2. The van der Waals surface area contributed by atoms with Crippen LogP contribution in [0.2, 0.25) is 0 Å². The van der Waals surface area contributed by atoms with Crippen LogP contribution in [0, 0.1) is 5.92 Å². The minimum atomic E-state index is -0.324. The van der Waals surface area contributed by atoms with Gasteiger partial charge in [-0.05, 0) is 18.8 Å². The predicted octanol–water partition coefficient (Wildman–Crippen LogP) is 0.845. The molecular formula is C15H27N3O2. The van der Waals surface area contributed by atoms with Crippen molar-refractivity contribution in [2.75, 3.05) is 33.7 Å². The molecule has 1 saturated carbocycles. The number of piperazine rings is 1. The Labute approximate surface area is 121 Å². The monoisotopic (exact) mass is 281 g/mol. The zero-order valence-corrected chi connectivity index (χ0v) is 12.7. The first-order chi connectivity index (χ1) is 9.59. The summed E-state index contributed by atoms with van der Waals surface area (Å²) in [6.07, 6.45) is 6.77. The van der Waals surface area contributed by atoms with Crippen molar-refractivity contribution in [2.24, 2.45) is 5.92 Å². The fourth-order valence-corrected chi connectivity index (χ4v) is 3.28. The van der Waals surface area contributed by atoms with Crippen LogP contribution < -0.4 is 5.32 Å². The van der Waals surface area contributed by atoms with Crippen LogP contribution in [0.3, 0.4) is 0 Å². The first-order valence-electron chi connectivity index (χ1n) is 7.81. The Morgan fingerprint density at radius 3 is 2.55 bits per heavy atom. The summed E-state index contributed by atoms with van der Waals surface area (Å²) in [6, 6.07) is -0.324. The molecule has 0 aromatic heterocycles. The highest BCUT2D eigenvalue weighted by molar-refractivity contribution is 5.88. The SMILES string of the molecule is CN(C)C(=O)C1CNCCN1C(=O)CC1CCCCC1. The van der Waals surface area contributed by atoms with Gasteiger partial charge in [0.1, 0.15) is 6.04 Å². The number of likely N-dealkylation sites (N-methyl/N-ethyl adjacent to an activating group) is 1. The molecule has 1 aliphatic carbocycles. The predicted molar refractivity (Wildman–Crippen MR) is 78.3 cm³/mol. The van der Waals surface area contributed by atoms with Gasteiger partial charge in [-0.1, -0.05) is 19.3 Å². The fraction of sp³-hybridized carbons (Fsp3) is 0.867. The number of nitrogens with zero attached hydrogens (tertiary/aromatic N) is 2. The van der Waals surface area contributed by atoms with Crippen molar-refractivity contribution < 1.29 is 9.59 Å². The summed E-state index contributed by atoms with van der Waals surface area (Å²) in [5, 5.41) is 3.22. The third-order valence-corrected chi connectivity index (χ3v) is 4.48. The molecule has 1 heterocycles. The lowest BCUT2D eigenvalue weighted by molar-refractivity contribution is -0.146. The molecule has 114 valence electrons. The van der Waals surface area contributed by atoms with E-state index in [2.05, 4.69) is 5.32 Å². The van der Waals surface area contributed by atoms with Crippen LogP contribution in [0.4, 0.5) is 0 Å². The van der Waals surface area contributed by atoms with Crippen LogP contribution in [0.25, 0.3) is 0 Å². The molecule has 0 aromatic rings. The Morgan fingerprint density at radius 1 is 1.20 bits per heavy atom. The van der Waals surface area contributed by atoms with Crippen molar-refractivity contribution >= 4 is 11.8 Å². The van der Waals surface area contributed by atoms with Crippen molar-refractivity contribution in [3.63, 3.8) is 0 Å². The molecule has 5 heteroatoms. The van der Waals surface area contributed by atoms with Gasteiger partial charge < -0.3 is 15.1 Å². The molecule has 20 heavy (non-hydrogen) atoms. The zero-order valence-electron chi connectivity index (χ0n) is 12.7. The Morgan fingerprint density at radius 2 is 1.90 bits per heavy atom. The molecule has 2 aliphatic rings. The third-order valence-electron chi connectivity index (χ3n) is 4.48. The van der Waals surface area contributed by atoms with Crippen molar-refractivity contribution in [3.05, 3.63) is 0 Å². The Kier molecular flexibility index (Phi) is 5.40. The summed E-state index contributed by atoms with van der Waals surface area (Å²) in [5.74, 6) is 0.717. The first-order valence-corrected chi connectivity index (χ1v) is 7.81. The zero-order chi connectivity index (χ0) is 14.5. The summed E-state index contributed by atoms with van der Waals surface area (Å²) in [6.45, 7) is 2.01. The minimum absolute atomic E-state index is 0.0224. The number of rotatable bonds is 3. The number of amides is 2. The lowest BCUT2D eigenvalue weighted by Crippen LogP contribution is -2.59. The van der Waals surface area contributed by atoms with Gasteiger partial charge in [-0.3, -0.25) is 9.59 Å². The average molecular weight is 281 g/mol. The molecule has 2 fully saturated rings. The number of hydrogen-bond donors (Lipinski definition) is 1. The van der Waals surface area contributed by atoms with Gasteiger partial charge >= 0.3 is 0 Å². The van der Waals surface area contributed by atoms with Crippen molar-refractivity contribution in [1.82, 2.24) is 15.1 Å². The molecule has 1 atom stereocenters. The van der Waals surface area contributed by atoms with Crippen molar-refractivity contribution in [2.45, 2.75) is 44.6 Å². The van der Waals surface area contributed by atoms with Gasteiger partial charge in [0.15, 0.2) is 0 Å². The maximum Gasteiger partial charge on any atom is 0.246 e. The quantitative estimate of drug-likeness (QED) is 0.834. The highest BCUT2D eigenvalue weighted by Gasteiger charge is 2.33. The number of hydrogen-bond acceptors (Lipinski definition) is 3. The van der Waals surface area contributed by atoms with E-state index in [9.17, 15) is 9.59 Å². The van der Waals surface area contributed by atoms with E-state index in [4.69, 9.17) is 0 Å². The normalized spacial score (nSPS) is 24.5. The van der Waals surface area contributed by atoms with Crippen LogP contribution >= 0.6 is 0 Å². The largest absolute Gasteiger partial charge is 0.347 e. The van der Waals surface area contributed by atoms with Gasteiger partial charge in [0, 0.05) is 40.2 Å². The molecule has 1 N–H and O–H groups in total. The Hall–Kier alpha value is -1.10. The minimum Gasteiger partial charge on any atom is -0.347 e. The van der Waals surface area contributed by atoms with Gasteiger partial charge in [0.05, 0.1) is 0 Å². The van der Waals surface area contributed by atoms with E-state index < -0.39 is 0 Å². The lowest BCUT2D eigenvalue weighted by Gasteiger charge is -2.37. The molecule has 1 aliphatic heterocycles. The Bertz CT molecular complexity index is 351. The molecule has 2 rings (SSSR count). The van der Waals surface area contributed by atoms with Crippen LogP contribution in [0.1, 0.15) is 38.5 Å². The van der Waals surface area contributed by atoms with Gasteiger partial charge in [-0.2, -0.15) is 0 Å². The van der Waals surface area contributed by atoms with E-state index in [1.165, 1.54) is 32.1 Å². The maximum atomic E-state index is 12.5. The van der Waals surface area contributed by atoms with Crippen molar-refractivity contribution in [1.29, 1.82) is 0 Å². The highest BCUT2D eigenvalue weighted by atomic mass is 16.2. The van der Waals surface area contributed by atoms with E-state index in [0.717, 1.165) is 6.54 Å². The molecule has 0 bridgehead atoms. The lowest BCUT2D eigenvalue weighted by atomic mass is 9.86. The second-order valence-electron chi connectivity index (χ2n) is 6.25. The van der Waals surface area contributed by atoms with Crippen LogP contribution in [-0.2, 0) is 9.59 Å². The third kappa shape index (κ3) is 3.72. The van der Waals surface area contributed by atoms with Gasteiger partial charge in [-0.25, -0.2) is 0 Å². The smallest absolute Gasteiger partial charge is 0.246 e. The second-order valence-corrected chi connectivity index (χ2v) is 6.25. The summed E-state index contributed by atoms with van der Waals surface area (Å²) >= 11 is 0. The summed E-state index contributed by atoms with van der Waals surface area (Å²) in [5.41, 5.74) is 0. The van der Waals surface area contributed by atoms with Crippen LogP contribution in [0.5, 0.6) is 0 Å². The summed E-state index contributed by atoms with van der Waals surface area (Å²) in [4.78, 5) is 28.1. The van der Waals surface area contributed by atoms with E-state index in [1.807, 2.05) is 0 Å². The molecule has 1 unspecified atom stereocenters. The molecule has 0 spiro atoms. The standard InChI is InChI=1S/C15H27N3O2/c1-17(2)15(20)13-11-16-8-9-18(13)14(19)10-12-6-4-3-5-7-12/h12-13,16H,3-11H2,1-2H3. The van der Waals surface area contributed by atoms with Crippen LogP contribution in [0.15, 0.2) is 0 Å². The summed E-state index contributed by atoms with van der Waals surface area (Å²) in [7, 11) is 3.50. The highest BCUT2D eigenvalue weighted by Crippen LogP contribution is 2.27. The number of nitrogens with one attached hydrogen (secondary N) is 1. The fourth-order valence-electron chi connectivity index (χ4n) is 3.28. The molecule has 5 nitrogen and oxygen atoms in total. The van der Waals surface area contributed by atoms with E-state index in [-0.39, 0.29) is 17.9 Å². The van der Waals surface area contributed by atoms with E-state index >= 15 is 0 Å².